The number of nitrogens with zero attached hydrogens (tertiary/aromatic N) is 1. The first-order chi connectivity index (χ1) is 8.61. The summed E-state index contributed by atoms with van der Waals surface area (Å²) in [5, 5.41) is 9.25. The predicted molar refractivity (Wildman–Crippen MR) is 75.0 cm³/mol. The Bertz CT molecular complexity index is 418. The fraction of sp³-hybridized carbons (Fsp3) is 0.467. The zero-order chi connectivity index (χ0) is 13.4. The molecule has 0 fully saturated rings. The monoisotopic (exact) mass is 246 g/mol. The van der Waals surface area contributed by atoms with E-state index in [-0.39, 0.29) is 6.10 Å². The second-order valence-corrected chi connectivity index (χ2v) is 4.58. The third kappa shape index (κ3) is 5.83. The summed E-state index contributed by atoms with van der Waals surface area (Å²) >= 11 is 0. The van der Waals surface area contributed by atoms with Gasteiger partial charge in [0.1, 0.15) is 0 Å². The van der Waals surface area contributed by atoms with Gasteiger partial charge >= 0.3 is 0 Å². The Kier molecular flexibility index (Phi) is 6.45. The molecule has 0 aliphatic rings. The van der Waals surface area contributed by atoms with E-state index in [0.29, 0.717) is 6.54 Å². The molecule has 3 N–H and O–H groups in total. The van der Waals surface area contributed by atoms with Crippen molar-refractivity contribution in [1.29, 1.82) is 0 Å². The van der Waals surface area contributed by atoms with E-state index in [9.17, 15) is 5.11 Å². The Balaban J connectivity index is 2.56. The Labute approximate surface area is 110 Å². The average molecular weight is 246 g/mol. The van der Waals surface area contributed by atoms with Crippen LogP contribution >= 0.6 is 0 Å². The molecule has 0 spiro atoms. The molecule has 1 unspecified atom stereocenters. The molecular formula is C15H22N2O. The van der Waals surface area contributed by atoms with Gasteiger partial charge in [0.2, 0.25) is 0 Å². The highest BCUT2D eigenvalue weighted by atomic mass is 16.3. The maximum absolute atomic E-state index is 9.25. The Hall–Kier alpha value is -1.34. The number of aliphatic hydroxyl groups excluding tert-OH is 1. The highest BCUT2D eigenvalue weighted by Crippen LogP contribution is 2.07. The number of benzene rings is 1. The van der Waals surface area contributed by atoms with E-state index >= 15 is 0 Å². The Morgan fingerprint density at radius 1 is 1.44 bits per heavy atom. The lowest BCUT2D eigenvalue weighted by Gasteiger charge is -2.17. The number of aliphatic hydroxyl groups is 1. The van der Waals surface area contributed by atoms with Crippen LogP contribution in [-0.2, 0) is 6.54 Å². The van der Waals surface area contributed by atoms with Gasteiger partial charge in [-0.2, -0.15) is 0 Å². The summed E-state index contributed by atoms with van der Waals surface area (Å²) in [5.74, 6) is 5.89. The zero-order valence-corrected chi connectivity index (χ0v) is 11.2. The molecule has 0 heterocycles. The number of hydrogen-bond donors (Lipinski definition) is 2. The summed E-state index contributed by atoms with van der Waals surface area (Å²) in [4.78, 5) is 2.20. The van der Waals surface area contributed by atoms with Crippen molar-refractivity contribution in [2.45, 2.75) is 26.0 Å². The minimum atomic E-state index is -0.241. The summed E-state index contributed by atoms with van der Waals surface area (Å²) in [6.45, 7) is 3.95. The molecule has 3 nitrogen and oxygen atoms in total. The fourth-order valence-corrected chi connectivity index (χ4v) is 1.70. The highest BCUT2D eigenvalue weighted by molar-refractivity contribution is 5.37. The fourth-order valence-electron chi connectivity index (χ4n) is 1.70. The van der Waals surface area contributed by atoms with Crippen molar-refractivity contribution >= 4 is 0 Å². The summed E-state index contributed by atoms with van der Waals surface area (Å²) in [6.07, 6.45) is 0.553. The third-order valence-corrected chi connectivity index (χ3v) is 2.64. The van der Waals surface area contributed by atoms with Crippen molar-refractivity contribution in [2.24, 2.45) is 5.73 Å². The van der Waals surface area contributed by atoms with Gasteiger partial charge in [0.25, 0.3) is 0 Å². The molecule has 0 radical (unpaired) electrons. The van der Waals surface area contributed by atoms with Gasteiger partial charge in [0.15, 0.2) is 0 Å². The largest absolute Gasteiger partial charge is 0.393 e. The lowest BCUT2D eigenvalue weighted by atomic mass is 10.1. The molecule has 18 heavy (non-hydrogen) atoms. The second-order valence-electron chi connectivity index (χ2n) is 4.58. The molecule has 0 aromatic heterocycles. The topological polar surface area (TPSA) is 49.5 Å². The van der Waals surface area contributed by atoms with Crippen molar-refractivity contribution in [3.63, 3.8) is 0 Å². The van der Waals surface area contributed by atoms with Gasteiger partial charge in [-0.15, -0.1) is 0 Å². The number of rotatable bonds is 5. The lowest BCUT2D eigenvalue weighted by Crippen LogP contribution is -2.22. The molecule has 1 atom stereocenters. The number of nitrogens with two attached hydrogens (primary N) is 1. The smallest absolute Gasteiger partial charge is 0.0555 e. The van der Waals surface area contributed by atoms with Crippen molar-refractivity contribution in [2.75, 3.05) is 20.1 Å². The lowest BCUT2D eigenvalue weighted by molar-refractivity contribution is 0.163. The first kappa shape index (κ1) is 14.7. The van der Waals surface area contributed by atoms with Crippen LogP contribution in [0.4, 0.5) is 0 Å². The van der Waals surface area contributed by atoms with E-state index in [0.717, 1.165) is 25.1 Å². The van der Waals surface area contributed by atoms with Crippen LogP contribution < -0.4 is 5.73 Å². The SMILES string of the molecule is CC(O)CCN(C)Cc1cccc(C#CCN)c1. The van der Waals surface area contributed by atoms with E-state index < -0.39 is 0 Å². The van der Waals surface area contributed by atoms with Gasteiger partial charge in [-0.25, -0.2) is 0 Å². The molecular weight excluding hydrogens is 224 g/mol. The van der Waals surface area contributed by atoms with E-state index in [1.807, 2.05) is 19.1 Å². The van der Waals surface area contributed by atoms with Crippen LogP contribution in [0.15, 0.2) is 24.3 Å². The predicted octanol–water partition coefficient (Wildman–Crippen LogP) is 1.20. The van der Waals surface area contributed by atoms with Gasteiger partial charge in [0, 0.05) is 18.7 Å². The normalized spacial score (nSPS) is 12.1. The first-order valence-electron chi connectivity index (χ1n) is 6.26. The maximum atomic E-state index is 9.25. The van der Waals surface area contributed by atoms with E-state index in [4.69, 9.17) is 5.73 Å². The van der Waals surface area contributed by atoms with Gasteiger partial charge in [-0.05, 0) is 38.1 Å². The Morgan fingerprint density at radius 2 is 2.22 bits per heavy atom. The minimum absolute atomic E-state index is 0.241. The second kappa shape index (κ2) is 7.88. The summed E-state index contributed by atoms with van der Waals surface area (Å²) < 4.78 is 0. The molecule has 1 aromatic carbocycles. The van der Waals surface area contributed by atoms with Crippen molar-refractivity contribution in [3.8, 4) is 11.8 Å². The van der Waals surface area contributed by atoms with Crippen molar-refractivity contribution < 1.29 is 5.11 Å². The molecule has 0 amide bonds. The molecule has 0 saturated carbocycles. The van der Waals surface area contributed by atoms with Crippen LogP contribution in [0, 0.1) is 11.8 Å². The number of hydrogen-bond acceptors (Lipinski definition) is 3. The zero-order valence-electron chi connectivity index (χ0n) is 11.2. The third-order valence-electron chi connectivity index (χ3n) is 2.64. The van der Waals surface area contributed by atoms with Crippen LogP contribution in [0.25, 0.3) is 0 Å². The van der Waals surface area contributed by atoms with Crippen LogP contribution in [0.2, 0.25) is 0 Å². The van der Waals surface area contributed by atoms with Crippen LogP contribution in [0.1, 0.15) is 24.5 Å². The highest BCUT2D eigenvalue weighted by Gasteiger charge is 2.03. The molecule has 1 rings (SSSR count). The van der Waals surface area contributed by atoms with Gasteiger partial charge in [-0.3, -0.25) is 0 Å². The molecule has 0 aliphatic carbocycles. The molecule has 98 valence electrons. The summed E-state index contributed by atoms with van der Waals surface area (Å²) in [7, 11) is 2.06. The Morgan fingerprint density at radius 3 is 2.89 bits per heavy atom. The molecule has 1 aromatic rings. The van der Waals surface area contributed by atoms with Gasteiger partial charge < -0.3 is 15.7 Å². The first-order valence-corrected chi connectivity index (χ1v) is 6.26. The van der Waals surface area contributed by atoms with Crippen molar-refractivity contribution in [1.82, 2.24) is 4.90 Å². The summed E-state index contributed by atoms with van der Waals surface area (Å²) in [5.41, 5.74) is 7.59. The van der Waals surface area contributed by atoms with Gasteiger partial charge in [-0.1, -0.05) is 24.0 Å². The van der Waals surface area contributed by atoms with Crippen LogP contribution in [0.5, 0.6) is 0 Å². The molecule has 0 aliphatic heterocycles. The molecule has 3 heteroatoms. The maximum Gasteiger partial charge on any atom is 0.0555 e. The van der Waals surface area contributed by atoms with Crippen molar-refractivity contribution in [3.05, 3.63) is 35.4 Å². The standard InChI is InChI=1S/C15H22N2O/c1-13(18)8-10-17(2)12-15-6-3-5-14(11-15)7-4-9-16/h3,5-6,11,13,18H,8-10,12,16H2,1-2H3. The van der Waals surface area contributed by atoms with Crippen LogP contribution in [-0.4, -0.2) is 36.2 Å². The van der Waals surface area contributed by atoms with E-state index in [2.05, 4.69) is 35.9 Å². The molecule has 0 bridgehead atoms. The van der Waals surface area contributed by atoms with E-state index in [1.54, 1.807) is 0 Å². The average Bonchev–Trinajstić information content (AvgIpc) is 2.34. The van der Waals surface area contributed by atoms with E-state index in [1.165, 1.54) is 5.56 Å². The van der Waals surface area contributed by atoms with Gasteiger partial charge in [0.05, 0.1) is 12.6 Å². The minimum Gasteiger partial charge on any atom is -0.393 e. The molecule has 0 saturated heterocycles. The van der Waals surface area contributed by atoms with Crippen LogP contribution in [0.3, 0.4) is 0 Å². The quantitative estimate of drug-likeness (QED) is 0.768. The summed E-state index contributed by atoms with van der Waals surface area (Å²) in [6, 6.07) is 8.17.